The van der Waals surface area contributed by atoms with E-state index < -0.39 is 17.4 Å². The summed E-state index contributed by atoms with van der Waals surface area (Å²) in [5.74, 6) is -0.956. The molecule has 4 atom stereocenters. The van der Waals surface area contributed by atoms with Crippen LogP contribution in [0.5, 0.6) is 11.5 Å². The summed E-state index contributed by atoms with van der Waals surface area (Å²) >= 11 is 0. The van der Waals surface area contributed by atoms with E-state index in [1.54, 1.807) is 19.2 Å². The Kier molecular flexibility index (Phi) is 5.54. The van der Waals surface area contributed by atoms with Gasteiger partial charge in [-0.25, -0.2) is 0 Å². The van der Waals surface area contributed by atoms with Crippen molar-refractivity contribution in [3.63, 3.8) is 0 Å². The molecule has 4 aromatic carbocycles. The molecule has 2 unspecified atom stereocenters. The number of carbonyl (C=O) groups is 2. The van der Waals surface area contributed by atoms with E-state index in [-0.39, 0.29) is 23.5 Å². The molecule has 1 amide bonds. The average molecular weight is 491 g/mol. The van der Waals surface area contributed by atoms with Crippen molar-refractivity contribution in [2.45, 2.75) is 17.5 Å². The van der Waals surface area contributed by atoms with Gasteiger partial charge in [-0.1, -0.05) is 66.7 Å². The Balaban J connectivity index is 1.64. The second-order valence-electron chi connectivity index (χ2n) is 9.50. The number of anilines is 1. The number of benzene rings is 4. The number of Topliss-reactive ketones (excluding diaryl/α,β-unsaturated/α-hetero) is 1. The highest BCUT2D eigenvalue weighted by Crippen LogP contribution is 2.58. The number of carbonyl (C=O) groups excluding carboxylic acids is 2. The molecular weight excluding hydrogens is 464 g/mol. The molecule has 1 fully saturated rings. The molecule has 37 heavy (non-hydrogen) atoms. The molecule has 1 spiro atoms. The maximum atomic E-state index is 14.5. The molecule has 0 aromatic heterocycles. The zero-order valence-electron chi connectivity index (χ0n) is 20.2. The second-order valence-corrected chi connectivity index (χ2v) is 9.50. The van der Waals surface area contributed by atoms with Crippen LogP contribution in [0.15, 0.2) is 103 Å². The van der Waals surface area contributed by atoms with Gasteiger partial charge in [0.1, 0.15) is 17.0 Å². The van der Waals surface area contributed by atoms with Gasteiger partial charge in [0, 0.05) is 28.8 Å². The maximum Gasteiger partial charge on any atom is 0.250 e. The highest BCUT2D eigenvalue weighted by molar-refractivity contribution is 6.12. The van der Waals surface area contributed by atoms with Crippen molar-refractivity contribution in [2.75, 3.05) is 12.4 Å². The summed E-state index contributed by atoms with van der Waals surface area (Å²) in [4.78, 5) is 28.5. The fourth-order valence-electron chi connectivity index (χ4n) is 6.03. The molecule has 6 heteroatoms. The number of hydrogen-bond donors (Lipinski definition) is 3. The summed E-state index contributed by atoms with van der Waals surface area (Å²) < 4.78 is 5.77. The van der Waals surface area contributed by atoms with Crippen LogP contribution in [0.1, 0.15) is 39.0 Å². The first-order valence-electron chi connectivity index (χ1n) is 12.2. The molecule has 2 aliphatic rings. The normalized spacial score (nSPS) is 24.0. The number of aromatic hydroxyl groups is 1. The van der Waals surface area contributed by atoms with Crippen LogP contribution < -0.4 is 15.4 Å². The van der Waals surface area contributed by atoms with Gasteiger partial charge in [-0.15, -0.1) is 0 Å². The summed E-state index contributed by atoms with van der Waals surface area (Å²) in [5.41, 5.74) is 2.37. The number of rotatable bonds is 5. The van der Waals surface area contributed by atoms with Gasteiger partial charge in [-0.3, -0.25) is 14.9 Å². The lowest BCUT2D eigenvalue weighted by molar-refractivity contribution is -0.122. The lowest BCUT2D eigenvalue weighted by atomic mass is 9.69. The molecular formula is C31H26N2O4. The van der Waals surface area contributed by atoms with Crippen molar-refractivity contribution < 1.29 is 19.4 Å². The van der Waals surface area contributed by atoms with Crippen LogP contribution in [0, 0.1) is 5.92 Å². The number of ketones is 1. The van der Waals surface area contributed by atoms with Gasteiger partial charge >= 0.3 is 0 Å². The first-order valence-corrected chi connectivity index (χ1v) is 12.2. The van der Waals surface area contributed by atoms with Crippen molar-refractivity contribution in [1.29, 1.82) is 0 Å². The monoisotopic (exact) mass is 490 g/mol. The van der Waals surface area contributed by atoms with E-state index in [1.165, 1.54) is 12.1 Å². The lowest BCUT2D eigenvalue weighted by Crippen LogP contribution is -2.50. The third-order valence-corrected chi connectivity index (χ3v) is 7.62. The Morgan fingerprint density at radius 2 is 1.54 bits per heavy atom. The van der Waals surface area contributed by atoms with E-state index in [0.717, 1.165) is 16.7 Å². The number of ether oxygens (including phenoxy) is 1. The number of fused-ring (bicyclic) bond motifs is 2. The van der Waals surface area contributed by atoms with Gasteiger partial charge in [0.2, 0.25) is 5.91 Å². The average Bonchev–Trinajstić information content (AvgIpc) is 3.44. The van der Waals surface area contributed by atoms with Crippen LogP contribution >= 0.6 is 0 Å². The number of nitrogens with one attached hydrogen (secondary N) is 2. The van der Waals surface area contributed by atoms with Crippen LogP contribution in [0.25, 0.3) is 0 Å². The molecule has 0 saturated carbocycles. The molecule has 1 saturated heterocycles. The van der Waals surface area contributed by atoms with Gasteiger partial charge in [-0.2, -0.15) is 0 Å². The minimum atomic E-state index is -1.31. The van der Waals surface area contributed by atoms with Gasteiger partial charge in [0.05, 0.1) is 13.0 Å². The number of phenols is 1. The summed E-state index contributed by atoms with van der Waals surface area (Å²) in [6.07, 6.45) is 0. The number of amides is 1. The Hall–Kier alpha value is -4.42. The van der Waals surface area contributed by atoms with Crippen LogP contribution in [0.3, 0.4) is 0 Å². The van der Waals surface area contributed by atoms with Crippen LogP contribution in [0.4, 0.5) is 5.69 Å². The predicted molar refractivity (Wildman–Crippen MR) is 141 cm³/mol. The smallest absolute Gasteiger partial charge is 0.250 e. The topological polar surface area (TPSA) is 87.7 Å². The molecule has 6 rings (SSSR count). The van der Waals surface area contributed by atoms with Gasteiger partial charge in [0.25, 0.3) is 0 Å². The molecule has 2 heterocycles. The number of methoxy groups -OCH3 is 1. The predicted octanol–water partition coefficient (Wildman–Crippen LogP) is 5.18. The first kappa shape index (κ1) is 23.0. The summed E-state index contributed by atoms with van der Waals surface area (Å²) in [6, 6.07) is 30.9. The molecule has 184 valence electrons. The minimum absolute atomic E-state index is 0.0724. The van der Waals surface area contributed by atoms with Gasteiger partial charge in [-0.05, 0) is 47.5 Å². The van der Waals surface area contributed by atoms with Crippen molar-refractivity contribution in [3.8, 4) is 11.5 Å². The van der Waals surface area contributed by atoms with Gasteiger partial charge < -0.3 is 15.2 Å². The Morgan fingerprint density at radius 1 is 0.865 bits per heavy atom. The van der Waals surface area contributed by atoms with E-state index >= 15 is 0 Å². The third kappa shape index (κ3) is 3.52. The molecule has 0 radical (unpaired) electrons. The molecule has 4 aromatic rings. The van der Waals surface area contributed by atoms with Crippen LogP contribution in [0.2, 0.25) is 0 Å². The lowest BCUT2D eigenvalue weighted by Gasteiger charge is -2.31. The Labute approximate surface area is 214 Å². The maximum absolute atomic E-state index is 14.5. The first-order chi connectivity index (χ1) is 18.0. The Bertz CT molecular complexity index is 1480. The Morgan fingerprint density at radius 3 is 2.30 bits per heavy atom. The van der Waals surface area contributed by atoms with Crippen molar-refractivity contribution >= 4 is 17.4 Å². The van der Waals surface area contributed by atoms with E-state index in [2.05, 4.69) is 10.6 Å². The SMILES string of the molecule is COc1ccccc1[C@H]1C(C(=O)c2ccc(O)cc2)C2(N[C@@H]1c1ccccc1)C(=O)Nc1ccccc12. The summed E-state index contributed by atoms with van der Waals surface area (Å²) in [6.45, 7) is 0. The van der Waals surface area contributed by atoms with E-state index in [1.807, 2.05) is 78.9 Å². The second kappa shape index (κ2) is 8.91. The standard InChI is InChI=1S/C31H26N2O4/c1-37-25-14-8-5-11-22(25)26-27(29(35)20-15-17-21(34)18-16-20)31(33-28(26)19-9-3-2-4-10-19)23-12-6-7-13-24(23)32-30(31)36/h2-18,26-28,33-34H,1H3,(H,32,36)/t26-,27?,28+,31?/m0/s1. The van der Waals surface area contributed by atoms with E-state index in [9.17, 15) is 14.7 Å². The fraction of sp³-hybridized carbons (Fsp3) is 0.161. The summed E-state index contributed by atoms with van der Waals surface area (Å²) in [7, 11) is 1.61. The quantitative estimate of drug-likeness (QED) is 0.336. The van der Waals surface area contributed by atoms with Crippen molar-refractivity contribution in [2.24, 2.45) is 5.92 Å². The van der Waals surface area contributed by atoms with E-state index in [4.69, 9.17) is 4.74 Å². The molecule has 3 N–H and O–H groups in total. The highest BCUT2D eigenvalue weighted by Gasteiger charge is 2.64. The molecule has 6 nitrogen and oxygen atoms in total. The summed E-state index contributed by atoms with van der Waals surface area (Å²) in [5, 5.41) is 16.6. The van der Waals surface area contributed by atoms with Crippen LogP contribution in [-0.4, -0.2) is 23.9 Å². The number of para-hydroxylation sites is 2. The van der Waals surface area contributed by atoms with Crippen molar-refractivity contribution in [1.82, 2.24) is 5.32 Å². The zero-order valence-corrected chi connectivity index (χ0v) is 20.2. The largest absolute Gasteiger partial charge is 0.508 e. The minimum Gasteiger partial charge on any atom is -0.508 e. The zero-order chi connectivity index (χ0) is 25.6. The van der Waals surface area contributed by atoms with Crippen LogP contribution in [-0.2, 0) is 10.3 Å². The van der Waals surface area contributed by atoms with Gasteiger partial charge in [0.15, 0.2) is 5.78 Å². The molecule has 2 aliphatic heterocycles. The van der Waals surface area contributed by atoms with E-state index in [0.29, 0.717) is 17.0 Å². The van der Waals surface area contributed by atoms with Crippen molar-refractivity contribution in [3.05, 3.63) is 125 Å². The fourth-order valence-corrected chi connectivity index (χ4v) is 6.03. The number of hydrogen-bond acceptors (Lipinski definition) is 5. The number of phenolic OH excluding ortho intramolecular Hbond substituents is 1. The highest BCUT2D eigenvalue weighted by atomic mass is 16.5. The molecule has 0 aliphatic carbocycles. The third-order valence-electron chi connectivity index (χ3n) is 7.62. The molecule has 0 bridgehead atoms.